The minimum atomic E-state index is -4.31. The molecule has 0 unspecified atom stereocenters. The zero-order valence-corrected chi connectivity index (χ0v) is 19.3. The van der Waals surface area contributed by atoms with Gasteiger partial charge in [-0.1, -0.05) is 12.1 Å². The van der Waals surface area contributed by atoms with Gasteiger partial charge in [-0.2, -0.15) is 19.0 Å². The second-order valence-corrected chi connectivity index (χ2v) is 8.27. The quantitative estimate of drug-likeness (QED) is 0.320. The number of rotatable bonds is 10. The Bertz CT molecular complexity index is 1370. The van der Waals surface area contributed by atoms with Crippen molar-refractivity contribution in [2.45, 2.75) is 37.5 Å². The molecule has 0 radical (unpaired) electrons. The molecule has 4 aromatic rings. The van der Waals surface area contributed by atoms with Crippen LogP contribution in [-0.2, 0) is 12.1 Å². The summed E-state index contributed by atoms with van der Waals surface area (Å²) in [5, 5.41) is 19.8. The largest absolute Gasteiger partial charge is 0.487 e. The molecule has 4 rings (SSSR count). The lowest BCUT2D eigenvalue weighted by molar-refractivity contribution is -0.148. The van der Waals surface area contributed by atoms with E-state index in [2.05, 4.69) is 15.2 Å². The maximum atomic E-state index is 13.5. The van der Waals surface area contributed by atoms with E-state index in [0.717, 1.165) is 9.25 Å². The van der Waals surface area contributed by atoms with Crippen LogP contribution in [0.25, 0.3) is 5.69 Å². The fourth-order valence-corrected chi connectivity index (χ4v) is 3.67. The minimum absolute atomic E-state index is 0.101. The number of hydrogen-bond donors (Lipinski definition) is 1. The zero-order valence-electron chi connectivity index (χ0n) is 19.3. The lowest BCUT2D eigenvalue weighted by atomic mass is 9.87. The fourth-order valence-electron chi connectivity index (χ4n) is 3.67. The van der Waals surface area contributed by atoms with Crippen LogP contribution in [0.3, 0.4) is 0 Å². The number of alkyl halides is 4. The van der Waals surface area contributed by atoms with Gasteiger partial charge in [-0.15, -0.1) is 0 Å². The minimum Gasteiger partial charge on any atom is -0.487 e. The molecule has 196 valence electrons. The summed E-state index contributed by atoms with van der Waals surface area (Å²) >= 11 is 0. The Morgan fingerprint density at radius 1 is 1.03 bits per heavy atom. The molecule has 9 nitrogen and oxygen atoms in total. The number of ether oxygens (including phenoxy) is 1. The van der Waals surface area contributed by atoms with E-state index in [0.29, 0.717) is 5.56 Å². The number of nitrogens with zero attached hydrogens (tertiary/aromatic N) is 6. The molecule has 2 aromatic heterocycles. The average molecular weight is 524 g/mol. The predicted octanol–water partition coefficient (Wildman–Crippen LogP) is 3.19. The van der Waals surface area contributed by atoms with Crippen molar-refractivity contribution in [2.24, 2.45) is 0 Å². The molecule has 14 heteroatoms. The predicted molar refractivity (Wildman–Crippen MR) is 119 cm³/mol. The molecule has 1 N–H and O–H groups in total. The monoisotopic (exact) mass is 524 g/mol. The summed E-state index contributed by atoms with van der Waals surface area (Å²) in [6.45, 7) is -0.0827. The van der Waals surface area contributed by atoms with Gasteiger partial charge in [-0.25, -0.2) is 36.9 Å². The Balaban J connectivity index is 1.61. The Labute approximate surface area is 206 Å². The van der Waals surface area contributed by atoms with E-state index in [-0.39, 0.29) is 18.0 Å². The van der Waals surface area contributed by atoms with Crippen LogP contribution in [-0.4, -0.2) is 53.2 Å². The number of benzene rings is 2. The highest BCUT2D eigenvalue weighted by molar-refractivity contribution is 5.37. The maximum absolute atomic E-state index is 13.5. The van der Waals surface area contributed by atoms with E-state index in [9.17, 15) is 31.9 Å². The first-order valence-corrected chi connectivity index (χ1v) is 10.9. The molecule has 2 atom stereocenters. The summed E-state index contributed by atoms with van der Waals surface area (Å²) in [5.74, 6) is -4.91. The van der Waals surface area contributed by atoms with E-state index in [1.165, 1.54) is 72.2 Å². The van der Waals surface area contributed by atoms with E-state index in [1.807, 2.05) is 0 Å². The van der Waals surface area contributed by atoms with Crippen LogP contribution in [0, 0.1) is 5.82 Å². The SMILES string of the molecule is C[C@@H](n1ncn(-c2ccc(OCC(F)(F)C(F)F)cc2)c1=O)[C@](O)(Cn1cncn1)c1ccc(F)cc1. The van der Waals surface area contributed by atoms with Crippen LogP contribution < -0.4 is 10.4 Å². The summed E-state index contributed by atoms with van der Waals surface area (Å²) in [6.07, 6.45) is -0.0151. The van der Waals surface area contributed by atoms with Gasteiger partial charge in [0.2, 0.25) is 0 Å². The highest BCUT2D eigenvalue weighted by Crippen LogP contribution is 2.34. The Morgan fingerprint density at radius 2 is 1.70 bits per heavy atom. The molecular formula is C23H21F5N6O3. The van der Waals surface area contributed by atoms with Crippen LogP contribution in [0.4, 0.5) is 22.0 Å². The summed E-state index contributed by atoms with van der Waals surface area (Å²) in [4.78, 5) is 17.1. The fraction of sp³-hybridized carbons (Fsp3) is 0.304. The van der Waals surface area contributed by atoms with Crippen molar-refractivity contribution in [2.75, 3.05) is 6.61 Å². The van der Waals surface area contributed by atoms with Crippen LogP contribution >= 0.6 is 0 Å². The highest BCUT2D eigenvalue weighted by Gasteiger charge is 2.42. The van der Waals surface area contributed by atoms with Crippen molar-refractivity contribution in [3.05, 3.63) is 89.4 Å². The third-order valence-electron chi connectivity index (χ3n) is 5.83. The van der Waals surface area contributed by atoms with E-state index >= 15 is 0 Å². The summed E-state index contributed by atoms with van der Waals surface area (Å²) in [7, 11) is 0. The molecule has 0 aliphatic rings. The van der Waals surface area contributed by atoms with Gasteiger partial charge < -0.3 is 9.84 Å². The van der Waals surface area contributed by atoms with Crippen LogP contribution in [0.2, 0.25) is 0 Å². The van der Waals surface area contributed by atoms with Gasteiger partial charge in [0, 0.05) is 0 Å². The molecule has 0 saturated heterocycles. The molecule has 0 fully saturated rings. The molecule has 0 aliphatic heterocycles. The summed E-state index contributed by atoms with van der Waals surface area (Å²) < 4.78 is 72.6. The maximum Gasteiger partial charge on any atom is 0.350 e. The number of hydrogen-bond acceptors (Lipinski definition) is 6. The molecule has 0 spiro atoms. The van der Waals surface area contributed by atoms with Crippen molar-refractivity contribution in [3.63, 3.8) is 0 Å². The lowest BCUT2D eigenvalue weighted by Gasteiger charge is -2.34. The van der Waals surface area contributed by atoms with Crippen LogP contribution in [0.1, 0.15) is 18.5 Å². The molecule has 0 bridgehead atoms. The van der Waals surface area contributed by atoms with Crippen molar-refractivity contribution in [1.82, 2.24) is 29.1 Å². The van der Waals surface area contributed by atoms with Crippen LogP contribution in [0.5, 0.6) is 5.75 Å². The molecule has 0 amide bonds. The molecule has 0 saturated carbocycles. The summed E-state index contributed by atoms with van der Waals surface area (Å²) in [5.41, 5.74) is -1.83. The second-order valence-electron chi connectivity index (χ2n) is 8.27. The van der Waals surface area contributed by atoms with Crippen molar-refractivity contribution < 1.29 is 31.8 Å². The zero-order chi connectivity index (χ0) is 26.8. The third-order valence-corrected chi connectivity index (χ3v) is 5.83. The first-order chi connectivity index (χ1) is 17.5. The second kappa shape index (κ2) is 10.1. The van der Waals surface area contributed by atoms with Gasteiger partial charge in [0.1, 0.15) is 36.1 Å². The van der Waals surface area contributed by atoms with Gasteiger partial charge in [-0.3, -0.25) is 0 Å². The summed E-state index contributed by atoms with van der Waals surface area (Å²) in [6, 6.07) is 9.35. The number of aromatic nitrogens is 6. The van der Waals surface area contributed by atoms with E-state index in [1.54, 1.807) is 6.92 Å². The Morgan fingerprint density at radius 3 is 2.30 bits per heavy atom. The molecule has 2 heterocycles. The topological polar surface area (TPSA) is 100.0 Å². The average Bonchev–Trinajstić information content (AvgIpc) is 3.52. The van der Waals surface area contributed by atoms with E-state index in [4.69, 9.17) is 4.74 Å². The number of aliphatic hydroxyl groups is 1. The van der Waals surface area contributed by atoms with Crippen LogP contribution in [0.15, 0.2) is 72.3 Å². The molecule has 37 heavy (non-hydrogen) atoms. The van der Waals surface area contributed by atoms with Gasteiger partial charge in [0.05, 0.1) is 18.3 Å². The standard InChI is InChI=1S/C23H21F5N6O3/c1-15(22(36,10-32-13-29-12-30-32)16-2-4-17(24)5-3-16)34-21(35)33(14-31-34)18-6-8-19(9-7-18)37-11-23(27,28)20(25)26/h2-9,12-15,20,36H,10-11H2,1H3/t15-,22-/m1/s1. The van der Waals surface area contributed by atoms with E-state index < -0.39 is 42.1 Å². The normalized spacial score (nSPS) is 14.5. The first-order valence-electron chi connectivity index (χ1n) is 10.9. The van der Waals surface area contributed by atoms with Crippen molar-refractivity contribution in [3.8, 4) is 11.4 Å². The molecule has 0 aliphatic carbocycles. The molecule has 2 aromatic carbocycles. The smallest absolute Gasteiger partial charge is 0.350 e. The van der Waals surface area contributed by atoms with Gasteiger partial charge in [-0.05, 0) is 48.9 Å². The molecular weight excluding hydrogens is 503 g/mol. The Hall–Kier alpha value is -4.07. The third kappa shape index (κ3) is 5.38. The van der Waals surface area contributed by atoms with Gasteiger partial charge in [0.25, 0.3) is 0 Å². The Kier molecular flexibility index (Phi) is 7.12. The van der Waals surface area contributed by atoms with Gasteiger partial charge >= 0.3 is 18.0 Å². The number of halogens is 5. The lowest BCUT2D eigenvalue weighted by Crippen LogP contribution is -2.43. The van der Waals surface area contributed by atoms with Crippen molar-refractivity contribution >= 4 is 0 Å². The first kappa shape index (κ1) is 26.0. The van der Waals surface area contributed by atoms with Gasteiger partial charge in [0.15, 0.2) is 6.61 Å². The highest BCUT2D eigenvalue weighted by atomic mass is 19.3. The van der Waals surface area contributed by atoms with Crippen molar-refractivity contribution in [1.29, 1.82) is 0 Å².